The maximum Gasteiger partial charge on any atom is 0.141 e. The molecule has 0 aliphatic heterocycles. The van der Waals surface area contributed by atoms with Crippen LogP contribution in [0.25, 0.3) is 0 Å². The van der Waals surface area contributed by atoms with Crippen LogP contribution in [-0.4, -0.2) is 12.0 Å². The Hall–Kier alpha value is -0.890. The summed E-state index contributed by atoms with van der Waals surface area (Å²) in [5.41, 5.74) is 3.86. The van der Waals surface area contributed by atoms with Crippen LogP contribution < -0.4 is 4.90 Å². The second-order valence-electron chi connectivity index (χ2n) is 2.58. The number of benzene rings is 1. The van der Waals surface area contributed by atoms with Gasteiger partial charge in [0.1, 0.15) is 5.49 Å². The minimum atomic E-state index is 0.938. The van der Waals surface area contributed by atoms with Crippen molar-refractivity contribution in [3.8, 4) is 0 Å². The standard InChI is InChI=1S/C10H12NS/c1-2-8-11(9-12)10-6-4-3-5-7-10/h3-7H,2,8H2,1H3. The quantitative estimate of drug-likeness (QED) is 0.515. The highest BCUT2D eigenvalue weighted by Gasteiger charge is 1.99. The first-order valence-electron chi connectivity index (χ1n) is 4.09. The summed E-state index contributed by atoms with van der Waals surface area (Å²) in [6, 6.07) is 10.1. The lowest BCUT2D eigenvalue weighted by molar-refractivity contribution is 0.915. The number of thiocarbonyl (C=S) groups is 1. The summed E-state index contributed by atoms with van der Waals surface area (Å²) in [5.74, 6) is 0. The summed E-state index contributed by atoms with van der Waals surface area (Å²) < 4.78 is 0. The molecule has 1 radical (unpaired) electrons. The van der Waals surface area contributed by atoms with Crippen molar-refractivity contribution in [3.63, 3.8) is 0 Å². The van der Waals surface area contributed by atoms with E-state index in [2.05, 4.69) is 12.4 Å². The lowest BCUT2D eigenvalue weighted by atomic mass is 10.3. The minimum Gasteiger partial charge on any atom is -0.330 e. The largest absolute Gasteiger partial charge is 0.330 e. The Morgan fingerprint density at radius 3 is 2.50 bits per heavy atom. The molecule has 0 amide bonds. The van der Waals surface area contributed by atoms with Crippen LogP contribution in [0.4, 0.5) is 5.69 Å². The third-order valence-corrected chi connectivity index (χ3v) is 1.85. The first kappa shape index (κ1) is 9.20. The van der Waals surface area contributed by atoms with Crippen molar-refractivity contribution in [1.82, 2.24) is 0 Å². The van der Waals surface area contributed by atoms with Gasteiger partial charge < -0.3 is 4.90 Å². The third-order valence-electron chi connectivity index (χ3n) is 1.63. The molecule has 0 spiro atoms. The summed E-state index contributed by atoms with van der Waals surface area (Å²) in [5, 5.41) is 0. The maximum atomic E-state index is 4.80. The van der Waals surface area contributed by atoms with Gasteiger partial charge in [-0.3, -0.25) is 0 Å². The van der Waals surface area contributed by atoms with Gasteiger partial charge in [-0.2, -0.15) is 0 Å². The summed E-state index contributed by atoms with van der Waals surface area (Å²) in [6.45, 7) is 3.07. The van der Waals surface area contributed by atoms with Crippen LogP contribution in [0.1, 0.15) is 13.3 Å². The molecule has 12 heavy (non-hydrogen) atoms. The molecule has 0 fully saturated rings. The van der Waals surface area contributed by atoms with Crippen molar-refractivity contribution in [2.24, 2.45) is 0 Å². The van der Waals surface area contributed by atoms with Crippen LogP contribution >= 0.6 is 12.2 Å². The third kappa shape index (κ3) is 2.31. The molecule has 0 aliphatic carbocycles. The molecule has 1 nitrogen and oxygen atoms in total. The Labute approximate surface area is 79.0 Å². The molecule has 2 heteroatoms. The number of anilines is 1. The topological polar surface area (TPSA) is 3.24 Å². The Kier molecular flexibility index (Phi) is 3.74. The van der Waals surface area contributed by atoms with Crippen molar-refractivity contribution < 1.29 is 0 Å². The average molecular weight is 178 g/mol. The molecule has 0 heterocycles. The predicted molar refractivity (Wildman–Crippen MR) is 56.7 cm³/mol. The van der Waals surface area contributed by atoms with E-state index < -0.39 is 0 Å². The van der Waals surface area contributed by atoms with Gasteiger partial charge in [0.2, 0.25) is 0 Å². The van der Waals surface area contributed by atoms with Crippen molar-refractivity contribution in [3.05, 3.63) is 30.3 Å². The van der Waals surface area contributed by atoms with E-state index in [9.17, 15) is 0 Å². The number of hydrogen-bond donors (Lipinski definition) is 0. The van der Waals surface area contributed by atoms with E-state index in [4.69, 9.17) is 12.2 Å². The molecule has 0 bridgehead atoms. The van der Waals surface area contributed by atoms with Crippen molar-refractivity contribution in [1.29, 1.82) is 0 Å². The van der Waals surface area contributed by atoms with Crippen LogP contribution in [-0.2, 0) is 0 Å². The molecular formula is C10H12NS. The van der Waals surface area contributed by atoms with Gasteiger partial charge in [-0.25, -0.2) is 0 Å². The second-order valence-corrected chi connectivity index (χ2v) is 2.76. The molecule has 1 aromatic carbocycles. The Bertz CT molecular complexity index is 233. The smallest absolute Gasteiger partial charge is 0.141 e. The molecular weight excluding hydrogens is 166 g/mol. The van der Waals surface area contributed by atoms with Crippen molar-refractivity contribution in [2.45, 2.75) is 13.3 Å². The zero-order valence-corrected chi connectivity index (χ0v) is 7.97. The van der Waals surface area contributed by atoms with Crippen molar-refractivity contribution >= 4 is 23.4 Å². The van der Waals surface area contributed by atoms with Gasteiger partial charge in [-0.05, 0) is 18.6 Å². The highest BCUT2D eigenvalue weighted by atomic mass is 32.1. The molecule has 0 N–H and O–H groups in total. The van der Waals surface area contributed by atoms with Gasteiger partial charge in [0.05, 0.1) is 0 Å². The zero-order valence-electron chi connectivity index (χ0n) is 7.16. The van der Waals surface area contributed by atoms with Crippen molar-refractivity contribution in [2.75, 3.05) is 11.4 Å². The maximum absolute atomic E-state index is 4.80. The molecule has 0 saturated carbocycles. The van der Waals surface area contributed by atoms with Crippen LogP contribution in [0.2, 0.25) is 0 Å². The van der Waals surface area contributed by atoms with Gasteiger partial charge in [0.25, 0.3) is 0 Å². The van der Waals surface area contributed by atoms with Gasteiger partial charge in [-0.15, -0.1) is 0 Å². The second kappa shape index (κ2) is 4.88. The highest BCUT2D eigenvalue weighted by molar-refractivity contribution is 7.79. The fourth-order valence-electron chi connectivity index (χ4n) is 1.06. The van der Waals surface area contributed by atoms with E-state index >= 15 is 0 Å². The predicted octanol–water partition coefficient (Wildman–Crippen LogP) is 2.74. The zero-order chi connectivity index (χ0) is 8.81. The Balaban J connectivity index is 2.73. The van der Waals surface area contributed by atoms with Gasteiger partial charge >= 0.3 is 0 Å². The van der Waals surface area contributed by atoms with E-state index in [1.807, 2.05) is 35.2 Å². The average Bonchev–Trinajstić information content (AvgIpc) is 2.15. The molecule has 1 rings (SSSR count). The number of nitrogens with zero attached hydrogens (tertiary/aromatic N) is 1. The number of hydrogen-bond acceptors (Lipinski definition) is 1. The molecule has 0 aliphatic rings. The molecule has 1 aromatic rings. The SMILES string of the molecule is CCCN([C]=S)c1ccccc1. The summed E-state index contributed by atoms with van der Waals surface area (Å²) in [6.07, 6.45) is 1.08. The number of rotatable bonds is 4. The fraction of sp³-hybridized carbons (Fsp3) is 0.300. The Morgan fingerprint density at radius 1 is 1.33 bits per heavy atom. The van der Waals surface area contributed by atoms with E-state index in [1.54, 1.807) is 0 Å². The summed E-state index contributed by atoms with van der Waals surface area (Å²) in [7, 11) is 0. The van der Waals surface area contributed by atoms with E-state index in [0.29, 0.717) is 0 Å². The van der Waals surface area contributed by atoms with E-state index in [1.165, 1.54) is 0 Å². The molecule has 0 saturated heterocycles. The first-order chi connectivity index (χ1) is 5.88. The highest BCUT2D eigenvalue weighted by Crippen LogP contribution is 2.11. The summed E-state index contributed by atoms with van der Waals surface area (Å²) in [4.78, 5) is 1.95. The minimum absolute atomic E-state index is 0.938. The van der Waals surface area contributed by atoms with Crippen LogP contribution in [0.15, 0.2) is 30.3 Å². The first-order valence-corrected chi connectivity index (χ1v) is 4.49. The van der Waals surface area contributed by atoms with Gasteiger partial charge in [-0.1, -0.05) is 37.3 Å². The molecule has 0 unspecified atom stereocenters. The monoisotopic (exact) mass is 178 g/mol. The van der Waals surface area contributed by atoms with Gasteiger partial charge in [0, 0.05) is 12.2 Å². The van der Waals surface area contributed by atoms with Gasteiger partial charge in [0.15, 0.2) is 0 Å². The van der Waals surface area contributed by atoms with Crippen LogP contribution in [0, 0.1) is 0 Å². The van der Waals surface area contributed by atoms with Crippen LogP contribution in [0.3, 0.4) is 0 Å². The van der Waals surface area contributed by atoms with E-state index in [0.717, 1.165) is 18.7 Å². The van der Waals surface area contributed by atoms with E-state index in [-0.39, 0.29) is 0 Å². The molecule has 0 aromatic heterocycles. The lowest BCUT2D eigenvalue weighted by Crippen LogP contribution is -2.20. The summed E-state index contributed by atoms with van der Waals surface area (Å²) >= 11 is 4.80. The molecule has 63 valence electrons. The number of para-hydroxylation sites is 1. The fourth-order valence-corrected chi connectivity index (χ4v) is 1.26. The Morgan fingerprint density at radius 2 is 2.00 bits per heavy atom. The van der Waals surface area contributed by atoms with Crippen LogP contribution in [0.5, 0.6) is 0 Å². The molecule has 0 atom stereocenters. The normalized spacial score (nSPS) is 9.42. The lowest BCUT2D eigenvalue weighted by Gasteiger charge is -2.16.